The Bertz CT molecular complexity index is 473. The summed E-state index contributed by atoms with van der Waals surface area (Å²) in [5, 5.41) is 18.7. The van der Waals surface area contributed by atoms with Gasteiger partial charge in [-0.1, -0.05) is 50.1 Å². The maximum absolute atomic E-state index is 11.3. The first-order valence-electron chi connectivity index (χ1n) is 5.12. The Balaban J connectivity index is 3.19. The number of aliphatic carboxylic acids is 1. The van der Waals surface area contributed by atoms with Gasteiger partial charge in [0.05, 0.1) is 4.83 Å². The molecule has 0 aliphatic heterocycles. The van der Waals surface area contributed by atoms with Crippen LogP contribution in [-0.2, 0) is 14.9 Å². The number of halogens is 2. The molecule has 1 aromatic rings. The summed E-state index contributed by atoms with van der Waals surface area (Å²) in [6.45, 7) is 1.47. The largest absolute Gasteiger partial charge is 0.479 e. The Morgan fingerprint density at radius 2 is 2.00 bits per heavy atom. The number of hydrogen-bond acceptors (Lipinski definition) is 3. The number of carboxylic acid groups (broad SMARTS) is 1. The molecular weight excluding hydrogens is 368 g/mol. The molecule has 0 aliphatic rings. The van der Waals surface area contributed by atoms with E-state index in [1.165, 1.54) is 13.0 Å². The quantitative estimate of drug-likeness (QED) is 0.771. The minimum Gasteiger partial charge on any atom is -0.479 e. The van der Waals surface area contributed by atoms with Crippen LogP contribution < -0.4 is 0 Å². The van der Waals surface area contributed by atoms with Crippen molar-refractivity contribution in [3.05, 3.63) is 34.9 Å². The Labute approximate surface area is 121 Å². The zero-order chi connectivity index (χ0) is 13.9. The lowest BCUT2D eigenvalue weighted by atomic mass is 9.98. The van der Waals surface area contributed by atoms with E-state index in [1.54, 1.807) is 12.1 Å². The molecule has 0 heterocycles. The molecule has 0 radical (unpaired) electrons. The fraction of sp³-hybridized carbons (Fsp3) is 0.333. The second kappa shape index (κ2) is 6.45. The van der Waals surface area contributed by atoms with E-state index in [-0.39, 0.29) is 5.78 Å². The van der Waals surface area contributed by atoms with Crippen LogP contribution in [0, 0.1) is 0 Å². The van der Waals surface area contributed by atoms with Crippen LogP contribution in [0.5, 0.6) is 0 Å². The Morgan fingerprint density at radius 1 is 1.39 bits per heavy atom. The van der Waals surface area contributed by atoms with Crippen LogP contribution in [0.4, 0.5) is 0 Å². The number of carbonyl (C=O) groups is 2. The highest BCUT2D eigenvalue weighted by molar-refractivity contribution is 9.09. The number of carboxylic acids is 1. The van der Waals surface area contributed by atoms with Crippen molar-refractivity contribution in [2.24, 2.45) is 0 Å². The normalized spacial score (nSPS) is 14.0. The van der Waals surface area contributed by atoms with Gasteiger partial charge in [-0.05, 0) is 23.6 Å². The summed E-state index contributed by atoms with van der Waals surface area (Å²) in [6.07, 6.45) is -1.56. The maximum Gasteiger partial charge on any atom is 0.337 e. The molecule has 2 unspecified atom stereocenters. The van der Waals surface area contributed by atoms with Crippen molar-refractivity contribution in [1.29, 1.82) is 0 Å². The molecule has 0 saturated heterocycles. The minimum absolute atomic E-state index is 0.0398. The number of carbonyl (C=O) groups excluding carboxylic acids is 1. The third-order valence-electron chi connectivity index (χ3n) is 2.49. The number of aliphatic hydroxyl groups excluding tert-OH is 1. The van der Waals surface area contributed by atoms with Crippen LogP contribution in [0.2, 0.25) is 0 Å². The summed E-state index contributed by atoms with van der Waals surface area (Å²) in [5.41, 5.74) is 1.71. The molecule has 1 aromatic carbocycles. The Morgan fingerprint density at radius 3 is 2.44 bits per heavy atom. The average Bonchev–Trinajstić information content (AvgIpc) is 2.35. The van der Waals surface area contributed by atoms with Crippen LogP contribution in [-0.4, -0.2) is 22.0 Å². The molecule has 1 rings (SSSR count). The summed E-state index contributed by atoms with van der Waals surface area (Å²) in [5.74, 6) is -1.34. The van der Waals surface area contributed by atoms with Crippen molar-refractivity contribution in [3.63, 3.8) is 0 Å². The number of ketones is 1. The Kier molecular flexibility index (Phi) is 5.49. The predicted molar refractivity (Wildman–Crippen MR) is 74.0 cm³/mol. The van der Waals surface area contributed by atoms with E-state index in [1.807, 2.05) is 0 Å². The van der Waals surface area contributed by atoms with Crippen molar-refractivity contribution in [1.82, 2.24) is 0 Å². The predicted octanol–water partition coefficient (Wildman–Crippen LogP) is 2.72. The van der Waals surface area contributed by atoms with E-state index >= 15 is 0 Å². The van der Waals surface area contributed by atoms with Crippen molar-refractivity contribution in [2.75, 3.05) is 0 Å². The first kappa shape index (κ1) is 15.3. The van der Waals surface area contributed by atoms with Gasteiger partial charge in [0.25, 0.3) is 0 Å². The Hall–Kier alpha value is -0.720. The molecule has 2 atom stereocenters. The molecule has 6 heteroatoms. The van der Waals surface area contributed by atoms with Gasteiger partial charge < -0.3 is 10.2 Å². The SMILES string of the molecule is CC(=O)C(Br)c1ccc(C(O)C(=O)O)c(CBr)c1. The number of hydrogen-bond donors (Lipinski definition) is 2. The van der Waals surface area contributed by atoms with Gasteiger partial charge >= 0.3 is 5.97 Å². The number of Topliss-reactive ketones (excluding diaryl/α,β-unsaturated/α-hetero) is 1. The van der Waals surface area contributed by atoms with Gasteiger partial charge in [-0.25, -0.2) is 4.79 Å². The monoisotopic (exact) mass is 378 g/mol. The number of benzene rings is 1. The molecule has 0 amide bonds. The molecule has 2 N–H and O–H groups in total. The van der Waals surface area contributed by atoms with Gasteiger partial charge in [-0.3, -0.25) is 4.79 Å². The molecule has 0 bridgehead atoms. The van der Waals surface area contributed by atoms with Crippen LogP contribution in [0.1, 0.15) is 34.5 Å². The second-order valence-electron chi connectivity index (χ2n) is 3.81. The van der Waals surface area contributed by atoms with Crippen LogP contribution in [0.3, 0.4) is 0 Å². The summed E-state index contributed by atoms with van der Waals surface area (Å²) >= 11 is 6.50. The lowest BCUT2D eigenvalue weighted by Gasteiger charge is -2.14. The highest BCUT2D eigenvalue weighted by atomic mass is 79.9. The van der Waals surface area contributed by atoms with Crippen LogP contribution >= 0.6 is 31.9 Å². The standard InChI is InChI=1S/C12H12Br2O4/c1-6(15)10(14)7-2-3-9(8(4-7)5-13)11(16)12(17)18/h2-4,10-11,16H,5H2,1H3,(H,17,18). The fourth-order valence-electron chi connectivity index (χ4n) is 1.53. The summed E-state index contributed by atoms with van der Waals surface area (Å²) in [6, 6.07) is 4.87. The zero-order valence-corrected chi connectivity index (χ0v) is 12.7. The van der Waals surface area contributed by atoms with Crippen molar-refractivity contribution >= 4 is 43.6 Å². The van der Waals surface area contributed by atoms with Gasteiger partial charge in [0.2, 0.25) is 0 Å². The lowest BCUT2D eigenvalue weighted by Crippen LogP contribution is -2.13. The number of rotatable bonds is 5. The third-order valence-corrected chi connectivity index (χ3v) is 4.27. The molecule has 0 fully saturated rings. The summed E-state index contributed by atoms with van der Waals surface area (Å²) in [7, 11) is 0. The topological polar surface area (TPSA) is 74.6 Å². The molecule has 0 aromatic heterocycles. The van der Waals surface area contributed by atoms with Gasteiger partial charge in [0, 0.05) is 5.33 Å². The van der Waals surface area contributed by atoms with E-state index in [0.29, 0.717) is 16.5 Å². The first-order valence-corrected chi connectivity index (χ1v) is 7.16. The molecule has 18 heavy (non-hydrogen) atoms. The van der Waals surface area contributed by atoms with E-state index in [2.05, 4.69) is 31.9 Å². The van der Waals surface area contributed by atoms with E-state index < -0.39 is 16.9 Å². The van der Waals surface area contributed by atoms with E-state index in [9.17, 15) is 14.7 Å². The van der Waals surface area contributed by atoms with Gasteiger partial charge in [0.1, 0.15) is 5.78 Å². The van der Waals surface area contributed by atoms with Crippen molar-refractivity contribution in [3.8, 4) is 0 Å². The van der Waals surface area contributed by atoms with Gasteiger partial charge in [-0.15, -0.1) is 0 Å². The first-order chi connectivity index (χ1) is 8.38. The lowest BCUT2D eigenvalue weighted by molar-refractivity contribution is -0.147. The summed E-state index contributed by atoms with van der Waals surface area (Å²) in [4.78, 5) is 21.6. The molecule has 0 spiro atoms. The van der Waals surface area contributed by atoms with Crippen molar-refractivity contribution in [2.45, 2.75) is 23.2 Å². The average molecular weight is 380 g/mol. The highest BCUT2D eigenvalue weighted by Gasteiger charge is 2.21. The molecule has 0 saturated carbocycles. The minimum atomic E-state index is -1.56. The molecular formula is C12H12Br2O4. The van der Waals surface area contributed by atoms with Gasteiger partial charge in [0.15, 0.2) is 6.10 Å². The summed E-state index contributed by atoms with van der Waals surface area (Å²) < 4.78 is 0. The number of aliphatic hydroxyl groups is 1. The van der Waals surface area contributed by atoms with Gasteiger partial charge in [-0.2, -0.15) is 0 Å². The third kappa shape index (κ3) is 3.40. The van der Waals surface area contributed by atoms with Crippen LogP contribution in [0.25, 0.3) is 0 Å². The van der Waals surface area contributed by atoms with E-state index in [0.717, 1.165) is 5.56 Å². The second-order valence-corrected chi connectivity index (χ2v) is 5.28. The maximum atomic E-state index is 11.3. The fourth-order valence-corrected chi connectivity index (χ4v) is 2.30. The smallest absolute Gasteiger partial charge is 0.337 e. The zero-order valence-electron chi connectivity index (χ0n) is 9.56. The number of alkyl halides is 2. The highest BCUT2D eigenvalue weighted by Crippen LogP contribution is 2.29. The molecule has 4 nitrogen and oxygen atoms in total. The molecule has 0 aliphatic carbocycles. The van der Waals surface area contributed by atoms with E-state index in [4.69, 9.17) is 5.11 Å². The molecule has 98 valence electrons. The van der Waals surface area contributed by atoms with Crippen LogP contribution in [0.15, 0.2) is 18.2 Å². The van der Waals surface area contributed by atoms with Crippen molar-refractivity contribution < 1.29 is 19.8 Å².